The number of benzene rings is 1. The van der Waals surface area contributed by atoms with E-state index in [9.17, 15) is 0 Å². The summed E-state index contributed by atoms with van der Waals surface area (Å²) in [5.41, 5.74) is 3.10. The Bertz CT molecular complexity index is 472. The van der Waals surface area contributed by atoms with Crippen LogP contribution in [0.15, 0.2) is 47.8 Å². The average molecular weight is 200 g/mol. The first-order valence-corrected chi connectivity index (χ1v) is 4.73. The molecular weight excluding hydrogens is 188 g/mol. The summed E-state index contributed by atoms with van der Waals surface area (Å²) in [4.78, 5) is 0. The SMILES string of the molecule is Cc1cc(C=NO)cn1-c1ccccc1. The van der Waals surface area contributed by atoms with Crippen LogP contribution in [0.2, 0.25) is 0 Å². The quantitative estimate of drug-likeness (QED) is 0.451. The lowest BCUT2D eigenvalue weighted by Gasteiger charge is -2.04. The zero-order valence-electron chi connectivity index (χ0n) is 8.46. The molecule has 0 spiro atoms. The molecule has 0 aliphatic rings. The summed E-state index contributed by atoms with van der Waals surface area (Å²) in [5, 5.41) is 11.5. The Hall–Kier alpha value is -2.03. The fourth-order valence-corrected chi connectivity index (χ4v) is 1.60. The molecule has 0 saturated heterocycles. The monoisotopic (exact) mass is 200 g/mol. The molecule has 1 N–H and O–H groups in total. The molecule has 0 radical (unpaired) electrons. The Morgan fingerprint density at radius 3 is 2.67 bits per heavy atom. The number of aromatic nitrogens is 1. The van der Waals surface area contributed by atoms with Gasteiger partial charge in [0.1, 0.15) is 0 Å². The average Bonchev–Trinajstić information content (AvgIpc) is 2.61. The molecule has 2 aromatic rings. The van der Waals surface area contributed by atoms with Crippen LogP contribution in [0.5, 0.6) is 0 Å². The van der Waals surface area contributed by atoms with Crippen LogP contribution in [0.25, 0.3) is 5.69 Å². The van der Waals surface area contributed by atoms with Crippen LogP contribution in [0.4, 0.5) is 0 Å². The largest absolute Gasteiger partial charge is 0.411 e. The van der Waals surface area contributed by atoms with Crippen LogP contribution in [0.1, 0.15) is 11.3 Å². The van der Waals surface area contributed by atoms with Crippen molar-refractivity contribution in [2.24, 2.45) is 5.16 Å². The number of para-hydroxylation sites is 1. The van der Waals surface area contributed by atoms with E-state index in [0.717, 1.165) is 16.9 Å². The summed E-state index contributed by atoms with van der Waals surface area (Å²) in [6.45, 7) is 2.02. The summed E-state index contributed by atoms with van der Waals surface area (Å²) in [7, 11) is 0. The molecule has 0 aliphatic heterocycles. The molecule has 15 heavy (non-hydrogen) atoms. The molecule has 0 fully saturated rings. The second kappa shape index (κ2) is 4.00. The smallest absolute Gasteiger partial charge is 0.0749 e. The van der Waals surface area contributed by atoms with Gasteiger partial charge >= 0.3 is 0 Å². The predicted molar refractivity (Wildman–Crippen MR) is 59.9 cm³/mol. The minimum absolute atomic E-state index is 0.888. The second-order valence-electron chi connectivity index (χ2n) is 3.36. The highest BCUT2D eigenvalue weighted by Gasteiger charge is 2.01. The molecule has 1 aromatic heterocycles. The molecule has 0 saturated carbocycles. The van der Waals surface area contributed by atoms with Gasteiger partial charge in [0.05, 0.1) is 6.21 Å². The lowest BCUT2D eigenvalue weighted by atomic mass is 10.3. The topological polar surface area (TPSA) is 37.5 Å². The normalized spacial score (nSPS) is 11.0. The van der Waals surface area contributed by atoms with E-state index in [4.69, 9.17) is 5.21 Å². The van der Waals surface area contributed by atoms with Crippen molar-refractivity contribution in [3.05, 3.63) is 53.9 Å². The molecule has 1 heterocycles. The first-order chi connectivity index (χ1) is 7.31. The lowest BCUT2D eigenvalue weighted by Crippen LogP contribution is -1.93. The molecule has 3 nitrogen and oxygen atoms in total. The van der Waals surface area contributed by atoms with Crippen molar-refractivity contribution < 1.29 is 5.21 Å². The molecule has 3 heteroatoms. The molecule has 0 aliphatic carbocycles. The van der Waals surface area contributed by atoms with Crippen LogP contribution in [0, 0.1) is 6.92 Å². The van der Waals surface area contributed by atoms with Gasteiger partial charge in [-0.05, 0) is 25.1 Å². The Balaban J connectivity index is 2.45. The Kier molecular flexibility index (Phi) is 2.54. The molecular formula is C12H12N2O. The molecule has 2 rings (SSSR count). The maximum atomic E-state index is 8.45. The van der Waals surface area contributed by atoms with Crippen LogP contribution in [-0.2, 0) is 0 Å². The number of rotatable bonds is 2. The molecule has 1 aromatic carbocycles. The molecule has 0 atom stereocenters. The van der Waals surface area contributed by atoms with Crippen molar-refractivity contribution in [3.8, 4) is 5.69 Å². The molecule has 0 bridgehead atoms. The van der Waals surface area contributed by atoms with Gasteiger partial charge in [0, 0.05) is 23.1 Å². The number of hydrogen-bond donors (Lipinski definition) is 1. The van der Waals surface area contributed by atoms with Crippen LogP contribution >= 0.6 is 0 Å². The highest BCUT2D eigenvalue weighted by Crippen LogP contribution is 2.13. The van der Waals surface area contributed by atoms with Gasteiger partial charge in [-0.1, -0.05) is 23.4 Å². The van der Waals surface area contributed by atoms with Gasteiger partial charge in [0.2, 0.25) is 0 Å². The van der Waals surface area contributed by atoms with E-state index >= 15 is 0 Å². The van der Waals surface area contributed by atoms with Gasteiger partial charge in [-0.15, -0.1) is 0 Å². The van der Waals surface area contributed by atoms with E-state index in [0.29, 0.717) is 0 Å². The third-order valence-corrected chi connectivity index (χ3v) is 2.27. The van der Waals surface area contributed by atoms with Gasteiger partial charge in [-0.2, -0.15) is 0 Å². The van der Waals surface area contributed by atoms with Crippen LogP contribution in [0.3, 0.4) is 0 Å². The zero-order chi connectivity index (χ0) is 10.7. The van der Waals surface area contributed by atoms with E-state index in [1.54, 1.807) is 0 Å². The van der Waals surface area contributed by atoms with Crippen LogP contribution in [-0.4, -0.2) is 16.0 Å². The van der Waals surface area contributed by atoms with Gasteiger partial charge in [0.15, 0.2) is 0 Å². The number of nitrogens with zero attached hydrogens (tertiary/aromatic N) is 2. The van der Waals surface area contributed by atoms with Crippen molar-refractivity contribution in [1.82, 2.24) is 4.57 Å². The van der Waals surface area contributed by atoms with Crippen molar-refractivity contribution in [1.29, 1.82) is 0 Å². The van der Waals surface area contributed by atoms with Crippen molar-refractivity contribution >= 4 is 6.21 Å². The highest BCUT2D eigenvalue weighted by atomic mass is 16.4. The third-order valence-electron chi connectivity index (χ3n) is 2.27. The minimum atomic E-state index is 0.888. The fourth-order valence-electron chi connectivity index (χ4n) is 1.60. The molecule has 0 amide bonds. The minimum Gasteiger partial charge on any atom is -0.411 e. The Morgan fingerprint density at radius 2 is 2.00 bits per heavy atom. The predicted octanol–water partition coefficient (Wildman–Crippen LogP) is 2.59. The summed E-state index contributed by atoms with van der Waals surface area (Å²) in [6, 6.07) is 12.0. The van der Waals surface area contributed by atoms with Crippen molar-refractivity contribution in [2.75, 3.05) is 0 Å². The van der Waals surface area contributed by atoms with Gasteiger partial charge in [0.25, 0.3) is 0 Å². The number of oxime groups is 1. The second-order valence-corrected chi connectivity index (χ2v) is 3.36. The summed E-state index contributed by atoms with van der Waals surface area (Å²) in [5.74, 6) is 0. The van der Waals surface area contributed by atoms with E-state index in [2.05, 4.69) is 9.72 Å². The Morgan fingerprint density at radius 1 is 1.27 bits per heavy atom. The molecule has 76 valence electrons. The first kappa shape index (κ1) is 9.52. The lowest BCUT2D eigenvalue weighted by molar-refractivity contribution is 0.322. The van der Waals surface area contributed by atoms with Gasteiger partial charge < -0.3 is 9.77 Å². The van der Waals surface area contributed by atoms with Crippen molar-refractivity contribution in [2.45, 2.75) is 6.92 Å². The number of hydrogen-bond acceptors (Lipinski definition) is 2. The van der Waals surface area contributed by atoms with E-state index in [1.807, 2.05) is 49.5 Å². The Labute approximate surface area is 88.3 Å². The highest BCUT2D eigenvalue weighted by molar-refractivity contribution is 5.79. The van der Waals surface area contributed by atoms with Gasteiger partial charge in [-0.3, -0.25) is 0 Å². The maximum Gasteiger partial charge on any atom is 0.0749 e. The maximum absolute atomic E-state index is 8.45. The summed E-state index contributed by atoms with van der Waals surface area (Å²) in [6.07, 6.45) is 3.36. The van der Waals surface area contributed by atoms with E-state index in [1.165, 1.54) is 6.21 Å². The fraction of sp³-hybridized carbons (Fsp3) is 0.0833. The van der Waals surface area contributed by atoms with Crippen LogP contribution < -0.4 is 0 Å². The standard InChI is InChI=1S/C12H12N2O/c1-10-7-11(8-13-15)9-14(10)12-5-3-2-4-6-12/h2-9,15H,1H3. The first-order valence-electron chi connectivity index (χ1n) is 4.73. The van der Waals surface area contributed by atoms with E-state index < -0.39 is 0 Å². The summed E-state index contributed by atoms with van der Waals surface area (Å²) >= 11 is 0. The third kappa shape index (κ3) is 1.91. The zero-order valence-corrected chi connectivity index (χ0v) is 8.46. The summed E-state index contributed by atoms with van der Waals surface area (Å²) < 4.78 is 2.05. The number of aryl methyl sites for hydroxylation is 1. The van der Waals surface area contributed by atoms with E-state index in [-0.39, 0.29) is 0 Å². The van der Waals surface area contributed by atoms with Crippen molar-refractivity contribution in [3.63, 3.8) is 0 Å². The van der Waals surface area contributed by atoms with Gasteiger partial charge in [-0.25, -0.2) is 0 Å². The molecule has 0 unspecified atom stereocenters.